The topological polar surface area (TPSA) is 72.2 Å². The molecule has 0 fully saturated rings. The van der Waals surface area contributed by atoms with Gasteiger partial charge in [0.15, 0.2) is 0 Å². The Balaban J connectivity index is 3.14. The maximum atomic E-state index is 12.6. The fourth-order valence-corrected chi connectivity index (χ4v) is 4.11. The molecule has 0 heterocycles. The number of sulfonamides is 1. The molecule has 1 aromatic carbocycles. The van der Waals surface area contributed by atoms with Crippen LogP contribution in [0.3, 0.4) is 0 Å². The van der Waals surface area contributed by atoms with E-state index in [0.717, 1.165) is 31.2 Å². The highest BCUT2D eigenvalue weighted by molar-refractivity contribution is 7.89. The second kappa shape index (κ2) is 7.80. The van der Waals surface area contributed by atoms with Gasteiger partial charge in [0, 0.05) is 11.7 Å². The molecule has 1 aromatic rings. The van der Waals surface area contributed by atoms with Crippen molar-refractivity contribution >= 4 is 15.7 Å². The van der Waals surface area contributed by atoms with E-state index < -0.39 is 10.0 Å². The monoisotopic (exact) mass is 312 g/mol. The van der Waals surface area contributed by atoms with Crippen LogP contribution in [0.4, 0.5) is 5.69 Å². The first-order valence-corrected chi connectivity index (χ1v) is 9.27. The molecule has 1 rings (SSSR count). The van der Waals surface area contributed by atoms with Crippen molar-refractivity contribution in [2.24, 2.45) is 0 Å². The predicted molar refractivity (Wildman–Crippen MR) is 88.9 cm³/mol. The quantitative estimate of drug-likeness (QED) is 0.724. The molecule has 0 saturated heterocycles. The molecule has 0 spiro atoms. The maximum Gasteiger partial charge on any atom is 0.241 e. The van der Waals surface area contributed by atoms with E-state index >= 15 is 0 Å². The molecule has 0 saturated carbocycles. The standard InChI is InChI=1S/C16H28N2O2S/c1-5-8-9-12(4)18-21(19,20)16-11-13(6-2)10-15(17)14(16)7-3/h10-12,18H,5-9,17H2,1-4H3. The zero-order chi connectivity index (χ0) is 16.0. The van der Waals surface area contributed by atoms with Crippen LogP contribution in [0.2, 0.25) is 0 Å². The third kappa shape index (κ3) is 4.71. The minimum absolute atomic E-state index is 0.0637. The molecule has 0 aliphatic heterocycles. The molecular weight excluding hydrogens is 284 g/mol. The van der Waals surface area contributed by atoms with Crippen molar-refractivity contribution in [1.29, 1.82) is 0 Å². The van der Waals surface area contributed by atoms with Crippen molar-refractivity contribution in [2.45, 2.75) is 70.7 Å². The van der Waals surface area contributed by atoms with Gasteiger partial charge in [0.2, 0.25) is 10.0 Å². The molecule has 3 N–H and O–H groups in total. The fourth-order valence-electron chi connectivity index (χ4n) is 2.45. The van der Waals surface area contributed by atoms with Gasteiger partial charge in [-0.1, -0.05) is 33.6 Å². The van der Waals surface area contributed by atoms with Crippen molar-refractivity contribution in [3.05, 3.63) is 23.3 Å². The van der Waals surface area contributed by atoms with Gasteiger partial charge in [-0.3, -0.25) is 0 Å². The van der Waals surface area contributed by atoms with Crippen molar-refractivity contribution in [3.8, 4) is 0 Å². The number of hydrogen-bond acceptors (Lipinski definition) is 3. The van der Waals surface area contributed by atoms with Gasteiger partial charge in [-0.15, -0.1) is 0 Å². The number of rotatable bonds is 8. The van der Waals surface area contributed by atoms with Crippen LogP contribution in [-0.4, -0.2) is 14.5 Å². The number of benzene rings is 1. The highest BCUT2D eigenvalue weighted by Gasteiger charge is 2.22. The summed E-state index contributed by atoms with van der Waals surface area (Å²) >= 11 is 0. The Morgan fingerprint density at radius 3 is 2.38 bits per heavy atom. The third-order valence-corrected chi connectivity index (χ3v) is 5.36. The molecule has 0 radical (unpaired) electrons. The minimum Gasteiger partial charge on any atom is -0.398 e. The van der Waals surface area contributed by atoms with E-state index in [-0.39, 0.29) is 6.04 Å². The number of nitrogen functional groups attached to an aromatic ring is 1. The van der Waals surface area contributed by atoms with E-state index in [0.29, 0.717) is 22.6 Å². The van der Waals surface area contributed by atoms with Crippen molar-refractivity contribution in [1.82, 2.24) is 4.72 Å². The van der Waals surface area contributed by atoms with Gasteiger partial charge < -0.3 is 5.73 Å². The highest BCUT2D eigenvalue weighted by Crippen LogP contribution is 2.25. The summed E-state index contributed by atoms with van der Waals surface area (Å²) in [6.45, 7) is 7.93. The molecule has 0 aromatic heterocycles. The molecule has 4 nitrogen and oxygen atoms in total. The van der Waals surface area contributed by atoms with Gasteiger partial charge in [0.1, 0.15) is 0 Å². The SMILES string of the molecule is CCCCC(C)NS(=O)(=O)c1cc(CC)cc(N)c1CC. The maximum absolute atomic E-state index is 12.6. The van der Waals surface area contributed by atoms with Crippen LogP contribution in [0.15, 0.2) is 17.0 Å². The predicted octanol–water partition coefficient (Wildman–Crippen LogP) is 3.25. The second-order valence-corrected chi connectivity index (χ2v) is 7.22. The molecule has 0 amide bonds. The summed E-state index contributed by atoms with van der Waals surface area (Å²) in [4.78, 5) is 0.338. The molecule has 0 aliphatic rings. The lowest BCUT2D eigenvalue weighted by atomic mass is 10.1. The molecule has 0 aliphatic carbocycles. The van der Waals surface area contributed by atoms with Crippen molar-refractivity contribution in [2.75, 3.05) is 5.73 Å². The van der Waals surface area contributed by atoms with Crippen LogP contribution < -0.4 is 10.5 Å². The Bertz CT molecular complexity index is 568. The number of aryl methyl sites for hydroxylation is 1. The van der Waals surface area contributed by atoms with Crippen LogP contribution >= 0.6 is 0 Å². The molecular formula is C16H28N2O2S. The van der Waals surface area contributed by atoms with E-state index in [4.69, 9.17) is 5.73 Å². The van der Waals surface area contributed by atoms with Crippen molar-refractivity contribution < 1.29 is 8.42 Å². The number of unbranched alkanes of at least 4 members (excludes halogenated alkanes) is 1. The first-order valence-electron chi connectivity index (χ1n) is 7.79. The lowest BCUT2D eigenvalue weighted by Crippen LogP contribution is -2.33. The molecule has 0 bridgehead atoms. The first-order chi connectivity index (χ1) is 9.85. The zero-order valence-electron chi connectivity index (χ0n) is 13.6. The van der Waals surface area contributed by atoms with Gasteiger partial charge >= 0.3 is 0 Å². The number of nitrogens with one attached hydrogen (secondary N) is 1. The molecule has 5 heteroatoms. The van der Waals surface area contributed by atoms with Gasteiger partial charge in [-0.2, -0.15) is 0 Å². The average molecular weight is 312 g/mol. The number of nitrogens with two attached hydrogens (primary N) is 1. The highest BCUT2D eigenvalue weighted by atomic mass is 32.2. The molecule has 21 heavy (non-hydrogen) atoms. The second-order valence-electron chi connectivity index (χ2n) is 5.53. The zero-order valence-corrected chi connectivity index (χ0v) is 14.4. The van der Waals surface area contributed by atoms with Crippen LogP contribution in [0.5, 0.6) is 0 Å². The Hall–Kier alpha value is -1.07. The Morgan fingerprint density at radius 1 is 1.19 bits per heavy atom. The van der Waals surface area contributed by atoms with E-state index in [1.54, 1.807) is 6.07 Å². The summed E-state index contributed by atoms with van der Waals surface area (Å²) in [7, 11) is -3.52. The summed E-state index contributed by atoms with van der Waals surface area (Å²) < 4.78 is 28.1. The molecule has 1 unspecified atom stereocenters. The minimum atomic E-state index is -3.52. The van der Waals surface area contributed by atoms with Gasteiger partial charge in [0.25, 0.3) is 0 Å². The van der Waals surface area contributed by atoms with Crippen molar-refractivity contribution in [3.63, 3.8) is 0 Å². The Morgan fingerprint density at radius 2 is 1.86 bits per heavy atom. The van der Waals surface area contributed by atoms with E-state index in [2.05, 4.69) is 11.6 Å². The normalized spacial score (nSPS) is 13.3. The average Bonchev–Trinajstić information content (AvgIpc) is 2.43. The molecule has 1 atom stereocenters. The lowest BCUT2D eigenvalue weighted by Gasteiger charge is -2.18. The van der Waals surface area contributed by atoms with E-state index in [1.165, 1.54) is 0 Å². The summed E-state index contributed by atoms with van der Waals surface area (Å²) in [5.74, 6) is 0. The lowest BCUT2D eigenvalue weighted by molar-refractivity contribution is 0.533. The van der Waals surface area contributed by atoms with Gasteiger partial charge in [-0.05, 0) is 49.4 Å². The van der Waals surface area contributed by atoms with Crippen LogP contribution in [0.1, 0.15) is 58.1 Å². The van der Waals surface area contributed by atoms with E-state index in [9.17, 15) is 8.42 Å². The Kier molecular flexibility index (Phi) is 6.68. The smallest absolute Gasteiger partial charge is 0.241 e. The van der Waals surface area contributed by atoms with Gasteiger partial charge in [-0.25, -0.2) is 13.1 Å². The number of hydrogen-bond donors (Lipinski definition) is 2. The summed E-state index contributed by atoms with van der Waals surface area (Å²) in [5, 5.41) is 0. The Labute approximate surface area is 129 Å². The van der Waals surface area contributed by atoms with Crippen LogP contribution in [0.25, 0.3) is 0 Å². The van der Waals surface area contributed by atoms with Gasteiger partial charge in [0.05, 0.1) is 4.90 Å². The molecule has 120 valence electrons. The summed E-state index contributed by atoms with van der Waals surface area (Å²) in [5.41, 5.74) is 8.25. The third-order valence-electron chi connectivity index (χ3n) is 3.70. The first kappa shape index (κ1) is 18.0. The van der Waals surface area contributed by atoms with Crippen LogP contribution in [-0.2, 0) is 22.9 Å². The fraction of sp³-hybridized carbons (Fsp3) is 0.625. The largest absolute Gasteiger partial charge is 0.398 e. The summed E-state index contributed by atoms with van der Waals surface area (Å²) in [6, 6.07) is 3.56. The van der Waals surface area contributed by atoms with Crippen LogP contribution in [0, 0.1) is 0 Å². The summed E-state index contributed by atoms with van der Waals surface area (Å²) in [6.07, 6.45) is 4.30. The van der Waals surface area contributed by atoms with E-state index in [1.807, 2.05) is 26.8 Å². The number of anilines is 1.